The van der Waals surface area contributed by atoms with Gasteiger partial charge in [-0.1, -0.05) is 19.8 Å². The lowest BCUT2D eigenvalue weighted by molar-refractivity contribution is -0.154. The third-order valence-electron chi connectivity index (χ3n) is 6.12. The highest BCUT2D eigenvalue weighted by atomic mass is 32.2. The molecule has 0 radical (unpaired) electrons. The molecule has 1 aromatic carbocycles. The summed E-state index contributed by atoms with van der Waals surface area (Å²) in [6.45, 7) is 1.84. The molecule has 0 aromatic heterocycles. The molecule has 7 nitrogen and oxygen atoms in total. The van der Waals surface area contributed by atoms with E-state index in [1.807, 2.05) is 0 Å². The number of sulfonamides is 1. The SMILES string of the molecule is CC1CCCCC1NC(=O)COC(=O)C1CCN(S(=O)(=O)c2ccc(F)c(F)c2)CC1. The van der Waals surface area contributed by atoms with Crippen LogP contribution in [0.25, 0.3) is 0 Å². The van der Waals surface area contributed by atoms with Gasteiger partial charge >= 0.3 is 5.97 Å². The first-order valence-electron chi connectivity index (χ1n) is 10.6. The van der Waals surface area contributed by atoms with Gasteiger partial charge in [-0.15, -0.1) is 0 Å². The van der Waals surface area contributed by atoms with Crippen molar-refractivity contribution in [3.8, 4) is 0 Å². The number of hydrogen-bond donors (Lipinski definition) is 1. The van der Waals surface area contributed by atoms with Gasteiger partial charge in [0, 0.05) is 19.1 Å². The fraction of sp³-hybridized carbons (Fsp3) is 0.619. The molecule has 1 aliphatic heterocycles. The van der Waals surface area contributed by atoms with Crippen LogP contribution in [0.4, 0.5) is 8.78 Å². The first-order chi connectivity index (χ1) is 14.7. The van der Waals surface area contributed by atoms with Crippen LogP contribution in [0.5, 0.6) is 0 Å². The van der Waals surface area contributed by atoms with Gasteiger partial charge in [-0.2, -0.15) is 4.31 Å². The van der Waals surface area contributed by atoms with E-state index >= 15 is 0 Å². The van der Waals surface area contributed by atoms with E-state index < -0.39 is 33.5 Å². The average molecular weight is 459 g/mol. The van der Waals surface area contributed by atoms with Crippen molar-refractivity contribution in [2.45, 2.75) is 56.4 Å². The number of amides is 1. The van der Waals surface area contributed by atoms with Crippen molar-refractivity contribution in [2.24, 2.45) is 11.8 Å². The zero-order valence-electron chi connectivity index (χ0n) is 17.5. The van der Waals surface area contributed by atoms with Crippen LogP contribution >= 0.6 is 0 Å². The first-order valence-corrected chi connectivity index (χ1v) is 12.0. The average Bonchev–Trinajstić information content (AvgIpc) is 2.75. The number of ether oxygens (including phenoxy) is 1. The number of piperidine rings is 1. The lowest BCUT2D eigenvalue weighted by Crippen LogP contribution is -2.44. The molecule has 1 amide bonds. The first kappa shape index (κ1) is 23.6. The quantitative estimate of drug-likeness (QED) is 0.662. The van der Waals surface area contributed by atoms with Gasteiger partial charge in [0.2, 0.25) is 10.0 Å². The van der Waals surface area contributed by atoms with E-state index in [1.54, 1.807) is 0 Å². The fourth-order valence-corrected chi connectivity index (χ4v) is 5.63. The maximum absolute atomic E-state index is 13.4. The van der Waals surface area contributed by atoms with Crippen LogP contribution < -0.4 is 5.32 Å². The highest BCUT2D eigenvalue weighted by molar-refractivity contribution is 7.89. The zero-order valence-corrected chi connectivity index (χ0v) is 18.3. The molecule has 1 aliphatic carbocycles. The molecule has 0 spiro atoms. The second kappa shape index (κ2) is 10.0. The van der Waals surface area contributed by atoms with E-state index in [4.69, 9.17) is 4.74 Å². The minimum Gasteiger partial charge on any atom is -0.455 e. The zero-order chi connectivity index (χ0) is 22.6. The van der Waals surface area contributed by atoms with Gasteiger partial charge in [0.25, 0.3) is 5.91 Å². The van der Waals surface area contributed by atoms with Crippen LogP contribution in [0.2, 0.25) is 0 Å². The van der Waals surface area contributed by atoms with E-state index in [1.165, 1.54) is 0 Å². The Morgan fingerprint density at radius 2 is 1.77 bits per heavy atom. The molecule has 10 heteroatoms. The predicted octanol–water partition coefficient (Wildman–Crippen LogP) is 2.60. The van der Waals surface area contributed by atoms with Gasteiger partial charge in [-0.05, 0) is 49.8 Å². The summed E-state index contributed by atoms with van der Waals surface area (Å²) in [5.41, 5.74) is 0. The van der Waals surface area contributed by atoms with E-state index in [0.717, 1.165) is 42.1 Å². The Hall–Kier alpha value is -2.07. The third kappa shape index (κ3) is 5.79. The topological polar surface area (TPSA) is 92.8 Å². The number of hydrogen-bond acceptors (Lipinski definition) is 5. The van der Waals surface area contributed by atoms with Crippen LogP contribution in [0.3, 0.4) is 0 Å². The molecule has 2 fully saturated rings. The summed E-state index contributed by atoms with van der Waals surface area (Å²) in [6, 6.07) is 2.53. The van der Waals surface area contributed by atoms with Gasteiger partial charge in [0.05, 0.1) is 10.8 Å². The van der Waals surface area contributed by atoms with Gasteiger partial charge < -0.3 is 10.1 Å². The smallest absolute Gasteiger partial charge is 0.309 e. The van der Waals surface area contributed by atoms with E-state index in [0.29, 0.717) is 12.0 Å². The maximum atomic E-state index is 13.4. The second-order valence-electron chi connectivity index (χ2n) is 8.30. The molecule has 1 saturated carbocycles. The van der Waals surface area contributed by atoms with Crippen LogP contribution in [0.15, 0.2) is 23.1 Å². The monoisotopic (exact) mass is 458 g/mol. The number of nitrogens with zero attached hydrogens (tertiary/aromatic N) is 1. The standard InChI is InChI=1S/C21H28F2N2O5S/c1-14-4-2-3-5-19(14)24-20(26)13-30-21(27)15-8-10-25(11-9-15)31(28,29)16-6-7-17(22)18(23)12-16/h6-7,12,14-15,19H,2-5,8-11,13H2,1H3,(H,24,26). The second-order valence-corrected chi connectivity index (χ2v) is 10.2. The molecule has 1 heterocycles. The van der Waals surface area contributed by atoms with Gasteiger partial charge in [-0.25, -0.2) is 17.2 Å². The third-order valence-corrected chi connectivity index (χ3v) is 8.01. The minimum absolute atomic E-state index is 0.0485. The summed E-state index contributed by atoms with van der Waals surface area (Å²) in [4.78, 5) is 24.1. The molecule has 172 valence electrons. The molecule has 2 unspecified atom stereocenters. The summed E-state index contributed by atoms with van der Waals surface area (Å²) < 4.78 is 58.0. The number of carbonyl (C=O) groups excluding carboxylic acids is 2. The molecule has 1 N–H and O–H groups in total. The van der Waals surface area contributed by atoms with E-state index in [2.05, 4.69) is 12.2 Å². The lowest BCUT2D eigenvalue weighted by atomic mass is 9.86. The summed E-state index contributed by atoms with van der Waals surface area (Å²) in [5.74, 6) is -3.34. The van der Waals surface area contributed by atoms with E-state index in [9.17, 15) is 26.8 Å². The summed E-state index contributed by atoms with van der Waals surface area (Å²) >= 11 is 0. The fourth-order valence-electron chi connectivity index (χ4n) is 4.15. The molecule has 0 bridgehead atoms. The van der Waals surface area contributed by atoms with Gasteiger partial charge in [-0.3, -0.25) is 9.59 Å². The van der Waals surface area contributed by atoms with Crippen molar-refractivity contribution in [3.63, 3.8) is 0 Å². The Kier molecular flexibility index (Phi) is 7.64. The molecule has 1 saturated heterocycles. The maximum Gasteiger partial charge on any atom is 0.309 e. The van der Waals surface area contributed by atoms with Crippen LogP contribution in [0.1, 0.15) is 45.4 Å². The van der Waals surface area contributed by atoms with Crippen molar-refractivity contribution in [3.05, 3.63) is 29.8 Å². The molecular weight excluding hydrogens is 430 g/mol. The van der Waals surface area contributed by atoms with Gasteiger partial charge in [0.1, 0.15) is 0 Å². The minimum atomic E-state index is -3.99. The number of benzene rings is 1. The molecule has 2 aliphatic rings. The van der Waals surface area contributed by atoms with E-state index in [-0.39, 0.29) is 49.4 Å². The summed E-state index contributed by atoms with van der Waals surface area (Å²) in [6.07, 6.45) is 4.67. The Morgan fingerprint density at radius 3 is 2.42 bits per heavy atom. The number of esters is 1. The van der Waals surface area contributed by atoms with Crippen molar-refractivity contribution >= 4 is 21.9 Å². The molecule has 2 atom stereocenters. The molecule has 31 heavy (non-hydrogen) atoms. The summed E-state index contributed by atoms with van der Waals surface area (Å²) in [7, 11) is -3.99. The van der Waals surface area contributed by atoms with Crippen LogP contribution in [-0.2, 0) is 24.3 Å². The highest BCUT2D eigenvalue weighted by Gasteiger charge is 2.33. The summed E-state index contributed by atoms with van der Waals surface area (Å²) in [5, 5.41) is 2.92. The predicted molar refractivity (Wildman–Crippen MR) is 108 cm³/mol. The Bertz CT molecular complexity index is 916. The Morgan fingerprint density at radius 1 is 1.10 bits per heavy atom. The Labute approximate surface area is 181 Å². The largest absolute Gasteiger partial charge is 0.455 e. The molecule has 1 aromatic rings. The molecule has 3 rings (SSSR count). The van der Waals surface area contributed by atoms with Crippen molar-refractivity contribution in [1.82, 2.24) is 9.62 Å². The number of carbonyl (C=O) groups is 2. The van der Waals surface area contributed by atoms with Crippen LogP contribution in [-0.4, -0.2) is 50.3 Å². The lowest BCUT2D eigenvalue weighted by Gasteiger charge is -2.30. The normalized spacial score (nSPS) is 23.3. The molecular formula is C21H28F2N2O5S. The Balaban J connectivity index is 1.47. The number of nitrogens with one attached hydrogen (secondary N) is 1. The van der Waals surface area contributed by atoms with Crippen molar-refractivity contribution < 1.29 is 31.5 Å². The number of rotatable bonds is 6. The van der Waals surface area contributed by atoms with Crippen LogP contribution in [0, 0.1) is 23.5 Å². The highest BCUT2D eigenvalue weighted by Crippen LogP contribution is 2.26. The number of halogens is 2. The van der Waals surface area contributed by atoms with Gasteiger partial charge in [0.15, 0.2) is 18.2 Å². The van der Waals surface area contributed by atoms with Crippen molar-refractivity contribution in [2.75, 3.05) is 19.7 Å². The van der Waals surface area contributed by atoms with Crippen molar-refractivity contribution in [1.29, 1.82) is 0 Å².